The lowest BCUT2D eigenvalue weighted by molar-refractivity contribution is 0.127. The number of hydrogen-bond donors (Lipinski definition) is 1. The van der Waals surface area contributed by atoms with Crippen LogP contribution in [0.4, 0.5) is 0 Å². The standard InChI is InChI=1S/C14H19N3S/c15-11-14(17-8-2-6-16-7-9-17)5-1-3-13-12(14)4-10-18-13/h4,10,16H,1-3,5-9H2. The second kappa shape index (κ2) is 5.00. The Hall–Kier alpha value is -0.890. The van der Waals surface area contributed by atoms with Crippen molar-refractivity contribution in [2.75, 3.05) is 26.2 Å². The number of nitriles is 1. The Morgan fingerprint density at radius 2 is 2.28 bits per heavy atom. The van der Waals surface area contributed by atoms with Crippen LogP contribution in [0.15, 0.2) is 11.4 Å². The molecule has 1 aliphatic carbocycles. The lowest BCUT2D eigenvalue weighted by Gasteiger charge is -2.41. The van der Waals surface area contributed by atoms with E-state index >= 15 is 0 Å². The molecule has 96 valence electrons. The van der Waals surface area contributed by atoms with Gasteiger partial charge in [0.15, 0.2) is 0 Å². The van der Waals surface area contributed by atoms with Crippen LogP contribution in [-0.2, 0) is 12.0 Å². The summed E-state index contributed by atoms with van der Waals surface area (Å²) >= 11 is 1.82. The third-order valence-corrected chi connectivity index (χ3v) is 5.18. The first-order valence-corrected chi connectivity index (χ1v) is 7.69. The van der Waals surface area contributed by atoms with Crippen LogP contribution in [0.2, 0.25) is 0 Å². The fraction of sp³-hybridized carbons (Fsp3) is 0.643. The Kier molecular flexibility index (Phi) is 3.38. The molecule has 0 saturated carbocycles. The fourth-order valence-electron chi connectivity index (χ4n) is 3.28. The van der Waals surface area contributed by atoms with Gasteiger partial charge in [0.05, 0.1) is 6.07 Å². The quantitative estimate of drug-likeness (QED) is 0.841. The maximum absolute atomic E-state index is 9.84. The van der Waals surface area contributed by atoms with E-state index in [9.17, 15) is 5.26 Å². The van der Waals surface area contributed by atoms with Gasteiger partial charge in [-0.05, 0) is 43.7 Å². The smallest absolute Gasteiger partial charge is 0.135 e. The molecule has 1 aromatic rings. The van der Waals surface area contributed by atoms with Crippen LogP contribution in [0.5, 0.6) is 0 Å². The number of nitrogens with one attached hydrogen (secondary N) is 1. The summed E-state index contributed by atoms with van der Waals surface area (Å²) in [6, 6.07) is 4.84. The summed E-state index contributed by atoms with van der Waals surface area (Å²) in [7, 11) is 0. The minimum absolute atomic E-state index is 0.348. The van der Waals surface area contributed by atoms with E-state index < -0.39 is 0 Å². The molecule has 1 atom stereocenters. The third-order valence-electron chi connectivity index (χ3n) is 4.20. The molecule has 1 saturated heterocycles. The van der Waals surface area contributed by atoms with Gasteiger partial charge in [-0.25, -0.2) is 0 Å². The topological polar surface area (TPSA) is 39.1 Å². The predicted molar refractivity (Wildman–Crippen MR) is 73.6 cm³/mol. The van der Waals surface area contributed by atoms with Crippen LogP contribution in [-0.4, -0.2) is 31.1 Å². The molecule has 1 N–H and O–H groups in total. The van der Waals surface area contributed by atoms with Gasteiger partial charge < -0.3 is 5.32 Å². The number of rotatable bonds is 1. The molecule has 1 fully saturated rings. The van der Waals surface area contributed by atoms with Crippen molar-refractivity contribution in [3.63, 3.8) is 0 Å². The SMILES string of the molecule is N#CC1(N2CCCNCC2)CCCc2sccc21. The number of aryl methyl sites for hydroxylation is 1. The fourth-order valence-corrected chi connectivity index (χ4v) is 4.28. The van der Waals surface area contributed by atoms with Crippen molar-refractivity contribution in [1.82, 2.24) is 10.2 Å². The van der Waals surface area contributed by atoms with Gasteiger partial charge in [-0.2, -0.15) is 5.26 Å². The average Bonchev–Trinajstić information content (AvgIpc) is 2.72. The van der Waals surface area contributed by atoms with E-state index in [1.54, 1.807) is 0 Å². The molecule has 3 nitrogen and oxygen atoms in total. The number of hydrogen-bond acceptors (Lipinski definition) is 4. The Bertz CT molecular complexity index is 454. The number of nitrogens with zero attached hydrogens (tertiary/aromatic N) is 2. The van der Waals surface area contributed by atoms with Crippen LogP contribution in [0.1, 0.15) is 29.7 Å². The summed E-state index contributed by atoms with van der Waals surface area (Å²) < 4.78 is 0. The van der Waals surface area contributed by atoms with Crippen molar-refractivity contribution < 1.29 is 0 Å². The molecule has 2 heterocycles. The summed E-state index contributed by atoms with van der Waals surface area (Å²) in [4.78, 5) is 3.84. The number of thiophene rings is 1. The largest absolute Gasteiger partial charge is 0.315 e. The van der Waals surface area contributed by atoms with E-state index in [-0.39, 0.29) is 5.54 Å². The molecular formula is C14H19N3S. The van der Waals surface area contributed by atoms with Crippen LogP contribution < -0.4 is 5.32 Å². The zero-order chi connectivity index (χ0) is 12.4. The first-order chi connectivity index (χ1) is 8.87. The van der Waals surface area contributed by atoms with Crippen molar-refractivity contribution in [1.29, 1.82) is 5.26 Å². The van der Waals surface area contributed by atoms with Crippen molar-refractivity contribution in [2.45, 2.75) is 31.2 Å². The minimum Gasteiger partial charge on any atom is -0.315 e. The highest BCUT2D eigenvalue weighted by Gasteiger charge is 2.42. The highest BCUT2D eigenvalue weighted by atomic mass is 32.1. The lowest BCUT2D eigenvalue weighted by Crippen LogP contribution is -2.48. The monoisotopic (exact) mass is 261 g/mol. The van der Waals surface area contributed by atoms with Crippen molar-refractivity contribution in [2.24, 2.45) is 0 Å². The second-order valence-electron chi connectivity index (χ2n) is 5.17. The molecular weight excluding hydrogens is 242 g/mol. The van der Waals surface area contributed by atoms with Gasteiger partial charge in [-0.15, -0.1) is 11.3 Å². The molecule has 0 radical (unpaired) electrons. The lowest BCUT2D eigenvalue weighted by atomic mass is 9.79. The molecule has 2 aliphatic rings. The van der Waals surface area contributed by atoms with Gasteiger partial charge in [0.2, 0.25) is 0 Å². The summed E-state index contributed by atoms with van der Waals surface area (Å²) in [5.41, 5.74) is 0.947. The number of fused-ring (bicyclic) bond motifs is 1. The van der Waals surface area contributed by atoms with E-state index in [1.165, 1.54) is 10.4 Å². The summed E-state index contributed by atoms with van der Waals surface area (Å²) in [6.45, 7) is 4.11. The second-order valence-corrected chi connectivity index (χ2v) is 6.17. The van der Waals surface area contributed by atoms with Gasteiger partial charge in [0.1, 0.15) is 5.54 Å². The Morgan fingerprint density at radius 1 is 1.33 bits per heavy atom. The van der Waals surface area contributed by atoms with Crippen molar-refractivity contribution in [3.05, 3.63) is 21.9 Å². The Morgan fingerprint density at radius 3 is 3.17 bits per heavy atom. The van der Waals surface area contributed by atoms with Gasteiger partial charge >= 0.3 is 0 Å². The van der Waals surface area contributed by atoms with E-state index in [1.807, 2.05) is 11.3 Å². The van der Waals surface area contributed by atoms with Gasteiger partial charge in [-0.3, -0.25) is 4.90 Å². The molecule has 4 heteroatoms. The van der Waals surface area contributed by atoms with Crippen LogP contribution >= 0.6 is 11.3 Å². The molecule has 1 aromatic heterocycles. The van der Waals surface area contributed by atoms with E-state index in [0.29, 0.717) is 0 Å². The zero-order valence-electron chi connectivity index (χ0n) is 10.6. The Labute approximate surface area is 112 Å². The third kappa shape index (κ3) is 1.87. The molecule has 0 spiro atoms. The molecule has 18 heavy (non-hydrogen) atoms. The van der Waals surface area contributed by atoms with Crippen molar-refractivity contribution >= 4 is 11.3 Å². The average molecular weight is 261 g/mol. The highest BCUT2D eigenvalue weighted by Crippen LogP contribution is 2.42. The molecule has 0 amide bonds. The Balaban J connectivity index is 1.98. The predicted octanol–water partition coefficient (Wildman–Crippen LogP) is 2.10. The maximum atomic E-state index is 9.84. The maximum Gasteiger partial charge on any atom is 0.135 e. The zero-order valence-corrected chi connectivity index (χ0v) is 11.4. The summed E-state index contributed by atoms with van der Waals surface area (Å²) in [5, 5.41) is 15.4. The molecule has 0 aromatic carbocycles. The molecule has 1 aliphatic heterocycles. The highest BCUT2D eigenvalue weighted by molar-refractivity contribution is 7.10. The van der Waals surface area contributed by atoms with Gasteiger partial charge in [0, 0.05) is 30.1 Å². The first kappa shape index (κ1) is 12.2. The molecule has 1 unspecified atom stereocenters. The van der Waals surface area contributed by atoms with Crippen LogP contribution in [0.3, 0.4) is 0 Å². The van der Waals surface area contributed by atoms with E-state index in [4.69, 9.17) is 0 Å². The van der Waals surface area contributed by atoms with E-state index in [0.717, 1.165) is 51.9 Å². The van der Waals surface area contributed by atoms with Crippen LogP contribution in [0, 0.1) is 11.3 Å². The molecule has 3 rings (SSSR count). The normalized spacial score (nSPS) is 29.3. The van der Waals surface area contributed by atoms with Crippen LogP contribution in [0.25, 0.3) is 0 Å². The summed E-state index contributed by atoms with van der Waals surface area (Å²) in [5.74, 6) is 0. The van der Waals surface area contributed by atoms with Gasteiger partial charge in [-0.1, -0.05) is 0 Å². The van der Waals surface area contributed by atoms with Gasteiger partial charge in [0.25, 0.3) is 0 Å². The van der Waals surface area contributed by atoms with Crippen molar-refractivity contribution in [3.8, 4) is 6.07 Å². The first-order valence-electron chi connectivity index (χ1n) is 6.81. The summed E-state index contributed by atoms with van der Waals surface area (Å²) in [6.07, 6.45) is 4.43. The minimum atomic E-state index is -0.348. The van der Waals surface area contributed by atoms with E-state index in [2.05, 4.69) is 27.7 Å². The molecule has 0 bridgehead atoms.